The van der Waals surface area contributed by atoms with Gasteiger partial charge in [0.25, 0.3) is 15.9 Å². The summed E-state index contributed by atoms with van der Waals surface area (Å²) in [5.74, 6) is 2.25. The van der Waals surface area contributed by atoms with Gasteiger partial charge in [-0.3, -0.25) is 9.59 Å². The molecule has 1 aliphatic heterocycles. The molecule has 0 aliphatic carbocycles. The predicted molar refractivity (Wildman–Crippen MR) is 152 cm³/mol. The molecule has 16 heteroatoms. The number of aliphatic carboxylic acids is 1. The molecule has 226 valence electrons. The van der Waals surface area contributed by atoms with Crippen molar-refractivity contribution in [1.82, 2.24) is 18.6 Å². The normalized spacial score (nSPS) is 14.4. The van der Waals surface area contributed by atoms with E-state index in [-0.39, 0.29) is 34.7 Å². The number of imidazole rings is 1. The molecule has 0 radical (unpaired) electrons. The van der Waals surface area contributed by atoms with Gasteiger partial charge in [-0.25, -0.2) is 32.0 Å². The Bertz CT molecular complexity index is 1790. The first-order valence-corrected chi connectivity index (χ1v) is 15.5. The number of carboxylic acids is 1. The van der Waals surface area contributed by atoms with Crippen molar-refractivity contribution in [1.29, 1.82) is 0 Å². The number of benzene rings is 3. The molecule has 0 bridgehead atoms. The second-order valence-electron chi connectivity index (χ2n) is 9.07. The Labute approximate surface area is 247 Å². The van der Waals surface area contributed by atoms with Gasteiger partial charge in [-0.2, -0.15) is 4.72 Å². The van der Waals surface area contributed by atoms with E-state index in [4.69, 9.17) is 9.94 Å². The maximum atomic E-state index is 12.9. The maximum Gasteiger partial charge on any atom is 0.321 e. The highest BCUT2D eigenvalue weighted by Gasteiger charge is 2.40. The highest BCUT2D eigenvalue weighted by Crippen LogP contribution is 2.30. The standard InChI is InChI=1S/C27H24N4O8S2.H3NO/c32-26-23-4-1-2-6-25(23)41(37,38)31(26)16-3-5-24(27(33)34)29-40(35,36)22-13-11-21(12-14-22)39-20-9-7-19(8-10-20)30-17-15-28-18-30;1-2/h1-2,4,6-15,17-18,24,29H,3,5,16H2,(H,33,34);2H,1H2/t24-;/m1./s1. The highest BCUT2D eigenvalue weighted by atomic mass is 32.2. The molecule has 43 heavy (non-hydrogen) atoms. The van der Waals surface area contributed by atoms with Crippen molar-refractivity contribution in [2.24, 2.45) is 5.90 Å². The number of nitrogens with two attached hydrogens (primary N) is 1. The van der Waals surface area contributed by atoms with E-state index < -0.39 is 38.0 Å². The molecule has 5 rings (SSSR count). The van der Waals surface area contributed by atoms with Gasteiger partial charge >= 0.3 is 5.97 Å². The lowest BCUT2D eigenvalue weighted by molar-refractivity contribution is -0.139. The summed E-state index contributed by atoms with van der Waals surface area (Å²) in [6, 6.07) is 16.8. The number of aromatic nitrogens is 2. The SMILES string of the molecule is NO.O=C(O)[C@@H](CCCN1C(=O)c2ccccc2S1(=O)=O)NS(=O)(=O)c1ccc(Oc2ccc(-n3ccnc3)cc2)cc1. The molecule has 1 aliphatic rings. The van der Waals surface area contributed by atoms with Gasteiger partial charge in [0.15, 0.2) is 0 Å². The summed E-state index contributed by atoms with van der Waals surface area (Å²) in [7, 11) is -8.29. The van der Waals surface area contributed by atoms with E-state index in [1.807, 2.05) is 16.7 Å². The summed E-state index contributed by atoms with van der Waals surface area (Å²) in [5, 5.41) is 16.1. The predicted octanol–water partition coefficient (Wildman–Crippen LogP) is 2.36. The van der Waals surface area contributed by atoms with E-state index in [9.17, 15) is 31.5 Å². The van der Waals surface area contributed by atoms with E-state index >= 15 is 0 Å². The minimum atomic E-state index is -4.25. The molecule has 1 amide bonds. The van der Waals surface area contributed by atoms with Crippen molar-refractivity contribution in [2.45, 2.75) is 28.7 Å². The third-order valence-corrected chi connectivity index (χ3v) is 9.70. The average Bonchev–Trinajstić information content (AvgIpc) is 3.61. The molecule has 0 saturated heterocycles. The van der Waals surface area contributed by atoms with Gasteiger partial charge < -0.3 is 19.6 Å². The fraction of sp³-hybridized carbons (Fsp3) is 0.148. The fourth-order valence-corrected chi connectivity index (χ4v) is 7.13. The number of hydrogen-bond donors (Lipinski definition) is 4. The van der Waals surface area contributed by atoms with Crippen LogP contribution in [0, 0.1) is 0 Å². The minimum absolute atomic E-state index is 0.0434. The van der Waals surface area contributed by atoms with Gasteiger partial charge in [-0.1, -0.05) is 12.1 Å². The number of hydrogen-bond acceptors (Lipinski definition) is 10. The Hall–Kier alpha value is -4.61. The van der Waals surface area contributed by atoms with E-state index in [2.05, 4.69) is 15.6 Å². The van der Waals surface area contributed by atoms with Gasteiger partial charge in [-0.15, -0.1) is 0 Å². The lowest BCUT2D eigenvalue weighted by Crippen LogP contribution is -2.41. The monoisotopic (exact) mass is 629 g/mol. The number of nitrogens with one attached hydrogen (secondary N) is 1. The number of carbonyl (C=O) groups excluding carboxylic acids is 1. The molecular weight excluding hydrogens is 602 g/mol. The summed E-state index contributed by atoms with van der Waals surface area (Å²) in [5.41, 5.74) is 0.927. The Morgan fingerprint density at radius 1 is 1.00 bits per heavy atom. The van der Waals surface area contributed by atoms with E-state index in [0.717, 1.165) is 5.69 Å². The summed E-state index contributed by atoms with van der Waals surface area (Å²) in [6.07, 6.45) is 4.80. The minimum Gasteiger partial charge on any atom is -0.480 e. The summed E-state index contributed by atoms with van der Waals surface area (Å²) >= 11 is 0. The second-order valence-corrected chi connectivity index (χ2v) is 12.6. The Balaban J connectivity index is 0.00000207. The third kappa shape index (κ3) is 6.90. The summed E-state index contributed by atoms with van der Waals surface area (Å²) in [6.45, 7) is -0.295. The van der Waals surface area contributed by atoms with Crippen molar-refractivity contribution >= 4 is 31.9 Å². The third-order valence-electron chi connectivity index (χ3n) is 6.37. The second kappa shape index (κ2) is 13.1. The van der Waals surface area contributed by atoms with Crippen molar-refractivity contribution in [3.63, 3.8) is 0 Å². The number of ether oxygens (including phenoxy) is 1. The van der Waals surface area contributed by atoms with Gasteiger partial charge in [0.2, 0.25) is 10.0 Å². The molecule has 1 aromatic heterocycles. The van der Waals surface area contributed by atoms with Crippen LogP contribution in [0.15, 0.2) is 101 Å². The van der Waals surface area contributed by atoms with Gasteiger partial charge in [0.05, 0.1) is 16.8 Å². The number of fused-ring (bicyclic) bond motifs is 1. The number of carbonyl (C=O) groups is 2. The molecule has 3 aromatic carbocycles. The maximum absolute atomic E-state index is 12.9. The average molecular weight is 630 g/mol. The summed E-state index contributed by atoms with van der Waals surface area (Å²) in [4.78, 5) is 28.1. The fourth-order valence-electron chi connectivity index (χ4n) is 4.30. The Kier molecular flexibility index (Phi) is 9.57. The van der Waals surface area contributed by atoms with Crippen molar-refractivity contribution < 1.29 is 41.5 Å². The molecule has 0 unspecified atom stereocenters. The van der Waals surface area contributed by atoms with Gasteiger partial charge in [-0.05, 0) is 73.5 Å². The highest BCUT2D eigenvalue weighted by molar-refractivity contribution is 7.90. The molecule has 4 aromatic rings. The zero-order valence-electron chi connectivity index (χ0n) is 22.3. The first kappa shape index (κ1) is 31.3. The Morgan fingerprint density at radius 3 is 2.21 bits per heavy atom. The van der Waals surface area contributed by atoms with Crippen molar-refractivity contribution in [3.8, 4) is 17.2 Å². The number of nitrogens with zero attached hydrogens (tertiary/aromatic N) is 3. The van der Waals surface area contributed by atoms with Crippen LogP contribution in [0.3, 0.4) is 0 Å². The van der Waals surface area contributed by atoms with Crippen LogP contribution < -0.4 is 15.4 Å². The molecule has 0 saturated carbocycles. The van der Waals surface area contributed by atoms with Crippen LogP contribution in [0.5, 0.6) is 11.5 Å². The van der Waals surface area contributed by atoms with Crippen LogP contribution in [0.2, 0.25) is 0 Å². The van der Waals surface area contributed by atoms with Crippen LogP contribution in [0.1, 0.15) is 23.2 Å². The molecule has 14 nitrogen and oxygen atoms in total. The lowest BCUT2D eigenvalue weighted by Gasteiger charge is -2.18. The molecular formula is C27H27N5O9S2. The van der Waals surface area contributed by atoms with Gasteiger partial charge in [0.1, 0.15) is 22.4 Å². The topological polar surface area (TPSA) is 211 Å². The first-order chi connectivity index (χ1) is 20.6. The van der Waals surface area contributed by atoms with Crippen molar-refractivity contribution in [3.05, 3.63) is 97.1 Å². The molecule has 0 spiro atoms. The number of rotatable bonds is 11. The zero-order valence-corrected chi connectivity index (χ0v) is 24.0. The largest absolute Gasteiger partial charge is 0.480 e. The smallest absolute Gasteiger partial charge is 0.321 e. The lowest BCUT2D eigenvalue weighted by atomic mass is 10.1. The van der Waals surface area contributed by atoms with E-state index in [1.54, 1.807) is 36.9 Å². The van der Waals surface area contributed by atoms with Crippen LogP contribution in [0.25, 0.3) is 5.69 Å². The number of carboxylic acid groups (broad SMARTS) is 1. The quantitative estimate of drug-likeness (QED) is 0.177. The first-order valence-electron chi connectivity index (χ1n) is 12.6. The van der Waals surface area contributed by atoms with Gasteiger partial charge in [0, 0.05) is 24.6 Å². The van der Waals surface area contributed by atoms with Crippen LogP contribution in [-0.2, 0) is 24.8 Å². The molecule has 2 heterocycles. The van der Waals surface area contributed by atoms with Crippen LogP contribution in [-0.4, -0.2) is 65.5 Å². The van der Waals surface area contributed by atoms with Crippen LogP contribution >= 0.6 is 0 Å². The Morgan fingerprint density at radius 2 is 1.63 bits per heavy atom. The number of amides is 1. The molecule has 1 atom stereocenters. The van der Waals surface area contributed by atoms with E-state index in [0.29, 0.717) is 15.8 Å². The molecule has 0 fully saturated rings. The molecule has 5 N–H and O–H groups in total. The van der Waals surface area contributed by atoms with Crippen LogP contribution in [0.4, 0.5) is 0 Å². The van der Waals surface area contributed by atoms with E-state index in [1.165, 1.54) is 42.5 Å². The summed E-state index contributed by atoms with van der Waals surface area (Å²) < 4.78 is 61.6. The zero-order chi connectivity index (χ0) is 31.2. The number of sulfonamides is 2. The van der Waals surface area contributed by atoms with Crippen molar-refractivity contribution in [2.75, 3.05) is 6.54 Å².